The Morgan fingerprint density at radius 1 is 1.27 bits per heavy atom. The highest BCUT2D eigenvalue weighted by molar-refractivity contribution is 5.94. The predicted octanol–water partition coefficient (Wildman–Crippen LogP) is 1.28. The summed E-state index contributed by atoms with van der Waals surface area (Å²) in [5.41, 5.74) is 0.0168. The van der Waals surface area contributed by atoms with Crippen LogP contribution in [-0.2, 0) is 15.1 Å². The van der Waals surface area contributed by atoms with Crippen LogP contribution in [0.25, 0.3) is 0 Å². The number of hydrogen-bond donors (Lipinski definition) is 0. The van der Waals surface area contributed by atoms with Gasteiger partial charge in [0.25, 0.3) is 5.91 Å². The van der Waals surface area contributed by atoms with E-state index in [4.69, 9.17) is 4.74 Å². The first kappa shape index (κ1) is 18.8. The van der Waals surface area contributed by atoms with Crippen LogP contribution in [0, 0.1) is 0 Å². The van der Waals surface area contributed by atoms with Crippen LogP contribution in [0.1, 0.15) is 56.9 Å². The Morgan fingerprint density at radius 3 is 2.58 bits per heavy atom. The number of rotatable bonds is 5. The van der Waals surface area contributed by atoms with Crippen molar-refractivity contribution in [3.63, 3.8) is 0 Å². The molecule has 3 rings (SSSR count). The highest BCUT2D eigenvalue weighted by atomic mass is 16.5. The topological polar surface area (TPSA) is 80.6 Å². The molecule has 8 nitrogen and oxygen atoms in total. The molecule has 0 radical (unpaired) electrons. The third kappa shape index (κ3) is 4.41. The second-order valence-electron chi connectivity index (χ2n) is 8.13. The summed E-state index contributed by atoms with van der Waals surface area (Å²) >= 11 is 0. The van der Waals surface area contributed by atoms with E-state index < -0.39 is 0 Å². The molecule has 1 aromatic heterocycles. The van der Waals surface area contributed by atoms with Gasteiger partial charge < -0.3 is 14.5 Å². The van der Waals surface area contributed by atoms with Gasteiger partial charge in [-0.25, -0.2) is 4.68 Å². The molecular formula is C18H29N5O3. The lowest BCUT2D eigenvalue weighted by molar-refractivity contribution is -0.131. The zero-order chi connectivity index (χ0) is 18.7. The maximum Gasteiger partial charge on any atom is 0.276 e. The average Bonchev–Trinajstić information content (AvgIpc) is 3.33. The molecule has 8 heteroatoms. The van der Waals surface area contributed by atoms with E-state index in [0.29, 0.717) is 13.2 Å². The van der Waals surface area contributed by atoms with Crippen molar-refractivity contribution in [3.05, 3.63) is 11.9 Å². The Kier molecular flexibility index (Phi) is 5.60. The third-order valence-electron chi connectivity index (χ3n) is 4.92. The lowest BCUT2D eigenvalue weighted by atomic mass is 10.1. The number of aromatic nitrogens is 3. The highest BCUT2D eigenvalue weighted by Crippen LogP contribution is 2.17. The largest absolute Gasteiger partial charge is 0.376 e. The maximum absolute atomic E-state index is 13.0. The van der Waals surface area contributed by atoms with Gasteiger partial charge in [0.05, 0.1) is 17.8 Å². The molecule has 0 spiro atoms. The molecule has 1 unspecified atom stereocenters. The Balaban J connectivity index is 1.73. The fraction of sp³-hybridized carbons (Fsp3) is 0.778. The monoisotopic (exact) mass is 363 g/mol. The van der Waals surface area contributed by atoms with Crippen molar-refractivity contribution < 1.29 is 14.3 Å². The molecule has 2 fully saturated rings. The van der Waals surface area contributed by atoms with Crippen molar-refractivity contribution in [1.82, 2.24) is 24.8 Å². The fourth-order valence-electron chi connectivity index (χ4n) is 3.33. The standard InChI is InChI=1S/C18H29N5O3/c1-18(2,3)23-12-15(19-20-23)17(25)22(11-14-7-6-10-26-14)13-16(24)21-8-4-5-9-21/h12,14H,4-11,13H2,1-3H3. The minimum absolute atomic E-state index is 0.00272. The summed E-state index contributed by atoms with van der Waals surface area (Å²) in [4.78, 5) is 29.0. The molecule has 2 amide bonds. The maximum atomic E-state index is 13.0. The van der Waals surface area contributed by atoms with Crippen LogP contribution in [0.2, 0.25) is 0 Å². The smallest absolute Gasteiger partial charge is 0.276 e. The van der Waals surface area contributed by atoms with E-state index in [1.807, 2.05) is 25.7 Å². The van der Waals surface area contributed by atoms with Gasteiger partial charge in [-0.3, -0.25) is 9.59 Å². The highest BCUT2D eigenvalue weighted by Gasteiger charge is 2.29. The molecule has 144 valence electrons. The van der Waals surface area contributed by atoms with Gasteiger partial charge in [0, 0.05) is 26.2 Å². The van der Waals surface area contributed by atoms with Crippen LogP contribution < -0.4 is 0 Å². The molecule has 1 atom stereocenters. The summed E-state index contributed by atoms with van der Waals surface area (Å²) in [6, 6.07) is 0. The quantitative estimate of drug-likeness (QED) is 0.787. The minimum Gasteiger partial charge on any atom is -0.376 e. The number of carbonyl (C=O) groups excluding carboxylic acids is 2. The Bertz CT molecular complexity index is 639. The Hall–Kier alpha value is -1.96. The van der Waals surface area contributed by atoms with E-state index in [9.17, 15) is 9.59 Å². The van der Waals surface area contributed by atoms with Gasteiger partial charge in [-0.2, -0.15) is 0 Å². The average molecular weight is 363 g/mol. The summed E-state index contributed by atoms with van der Waals surface area (Å²) in [6.45, 7) is 8.75. The fourth-order valence-corrected chi connectivity index (χ4v) is 3.33. The van der Waals surface area contributed by atoms with E-state index in [2.05, 4.69) is 10.3 Å². The van der Waals surface area contributed by atoms with Gasteiger partial charge in [-0.1, -0.05) is 5.21 Å². The van der Waals surface area contributed by atoms with Crippen molar-refractivity contribution in [1.29, 1.82) is 0 Å². The normalized spacial score (nSPS) is 20.6. The second-order valence-corrected chi connectivity index (χ2v) is 8.13. The molecule has 0 N–H and O–H groups in total. The lowest BCUT2D eigenvalue weighted by Gasteiger charge is -2.26. The Morgan fingerprint density at radius 2 is 2.00 bits per heavy atom. The Labute approximate surface area is 154 Å². The first-order valence-electron chi connectivity index (χ1n) is 9.46. The van der Waals surface area contributed by atoms with Crippen molar-refractivity contribution >= 4 is 11.8 Å². The molecule has 0 bridgehead atoms. The zero-order valence-electron chi connectivity index (χ0n) is 16.0. The zero-order valence-corrected chi connectivity index (χ0v) is 16.0. The molecule has 1 aromatic rings. The van der Waals surface area contributed by atoms with Crippen LogP contribution in [0.3, 0.4) is 0 Å². The van der Waals surface area contributed by atoms with Crippen LogP contribution in [0.4, 0.5) is 0 Å². The molecule has 0 saturated carbocycles. The minimum atomic E-state index is -0.261. The molecule has 2 aliphatic heterocycles. The van der Waals surface area contributed by atoms with Crippen LogP contribution >= 0.6 is 0 Å². The molecule has 3 heterocycles. The second kappa shape index (κ2) is 7.73. The summed E-state index contributed by atoms with van der Waals surface area (Å²) < 4.78 is 7.35. The molecular weight excluding hydrogens is 334 g/mol. The lowest BCUT2D eigenvalue weighted by Crippen LogP contribution is -2.45. The number of hydrogen-bond acceptors (Lipinski definition) is 5. The van der Waals surface area contributed by atoms with Gasteiger partial charge in [0.15, 0.2) is 5.69 Å². The van der Waals surface area contributed by atoms with Crippen molar-refractivity contribution in [2.24, 2.45) is 0 Å². The summed E-state index contributed by atoms with van der Waals surface area (Å²) in [5.74, 6) is -0.263. The van der Waals surface area contributed by atoms with Crippen LogP contribution in [0.5, 0.6) is 0 Å². The number of ether oxygens (including phenoxy) is 1. The third-order valence-corrected chi connectivity index (χ3v) is 4.92. The van der Waals surface area contributed by atoms with Gasteiger partial charge in [0.1, 0.15) is 6.54 Å². The number of amides is 2. The molecule has 2 aliphatic rings. The first-order chi connectivity index (χ1) is 12.3. The number of carbonyl (C=O) groups is 2. The van der Waals surface area contributed by atoms with Gasteiger partial charge in [0.2, 0.25) is 5.91 Å². The van der Waals surface area contributed by atoms with E-state index in [0.717, 1.165) is 38.8 Å². The van der Waals surface area contributed by atoms with Crippen LogP contribution in [0.15, 0.2) is 6.20 Å². The van der Waals surface area contributed by atoms with Crippen LogP contribution in [-0.4, -0.2) is 75.5 Å². The van der Waals surface area contributed by atoms with Crippen molar-refractivity contribution in [2.75, 3.05) is 32.8 Å². The van der Waals surface area contributed by atoms with Gasteiger partial charge in [-0.15, -0.1) is 5.10 Å². The van der Waals surface area contributed by atoms with E-state index in [1.165, 1.54) is 0 Å². The number of nitrogens with zero attached hydrogens (tertiary/aromatic N) is 5. The van der Waals surface area contributed by atoms with E-state index in [1.54, 1.807) is 15.8 Å². The molecule has 2 saturated heterocycles. The van der Waals surface area contributed by atoms with E-state index >= 15 is 0 Å². The summed E-state index contributed by atoms with van der Waals surface area (Å²) in [6.07, 6.45) is 5.62. The first-order valence-corrected chi connectivity index (χ1v) is 9.46. The predicted molar refractivity (Wildman–Crippen MR) is 95.7 cm³/mol. The SMILES string of the molecule is CC(C)(C)n1cc(C(=O)N(CC(=O)N2CCCC2)CC2CCCO2)nn1. The van der Waals surface area contributed by atoms with Crippen molar-refractivity contribution in [2.45, 2.75) is 58.1 Å². The summed E-state index contributed by atoms with van der Waals surface area (Å²) in [5, 5.41) is 8.11. The molecule has 0 aromatic carbocycles. The number of likely N-dealkylation sites (tertiary alicyclic amines) is 1. The van der Waals surface area contributed by atoms with Gasteiger partial charge in [-0.05, 0) is 46.5 Å². The summed E-state index contributed by atoms with van der Waals surface area (Å²) in [7, 11) is 0. The van der Waals surface area contributed by atoms with E-state index in [-0.39, 0.29) is 35.7 Å². The van der Waals surface area contributed by atoms with Crippen molar-refractivity contribution in [3.8, 4) is 0 Å². The molecule has 26 heavy (non-hydrogen) atoms. The molecule has 0 aliphatic carbocycles. The van der Waals surface area contributed by atoms with Gasteiger partial charge >= 0.3 is 0 Å².